The second-order valence-electron chi connectivity index (χ2n) is 3.91. The van der Waals surface area contributed by atoms with Crippen molar-refractivity contribution in [1.82, 2.24) is 5.32 Å². The molecule has 4 heteroatoms. The summed E-state index contributed by atoms with van der Waals surface area (Å²) in [6.45, 7) is 6.01. The fraction of sp³-hybridized carbons (Fsp3) is 0.500. The average Bonchev–Trinajstić information content (AvgIpc) is 2.49. The maximum atomic E-state index is 11.0. The van der Waals surface area contributed by atoms with Crippen LogP contribution in [0.1, 0.15) is 32.8 Å². The highest BCUT2D eigenvalue weighted by Crippen LogP contribution is 2.05. The topological polar surface area (TPSA) is 55.4 Å². The molecule has 1 aromatic carbocycles. The highest BCUT2D eigenvalue weighted by atomic mass is 16.5. The molecular formula is C16H27NO3. The van der Waals surface area contributed by atoms with E-state index in [0.29, 0.717) is 12.9 Å². The molecule has 0 saturated heterocycles. The number of carbonyl (C=O) groups excluding carboxylic acids is 2. The second-order valence-corrected chi connectivity index (χ2v) is 3.91. The molecule has 20 heavy (non-hydrogen) atoms. The molecule has 1 aromatic rings. The van der Waals surface area contributed by atoms with Crippen molar-refractivity contribution in [2.24, 2.45) is 0 Å². The number of Topliss-reactive ketones (excluding diaryl/α,β-unsaturated/α-hetero) is 1. The number of nitrogens with one attached hydrogen (secondary N) is 1. The van der Waals surface area contributed by atoms with E-state index in [0.717, 1.165) is 6.42 Å². The highest BCUT2D eigenvalue weighted by Gasteiger charge is 2.08. The van der Waals surface area contributed by atoms with Gasteiger partial charge in [-0.05, 0) is 26.0 Å². The molecule has 0 aliphatic rings. The Morgan fingerprint density at radius 3 is 2.15 bits per heavy atom. The summed E-state index contributed by atoms with van der Waals surface area (Å²) in [7, 11) is 3.21. The average molecular weight is 281 g/mol. The van der Waals surface area contributed by atoms with Gasteiger partial charge >= 0.3 is 0 Å². The Labute approximate surface area is 122 Å². The summed E-state index contributed by atoms with van der Waals surface area (Å²) in [6.07, 6.45) is 1.52. The van der Waals surface area contributed by atoms with Gasteiger partial charge in [-0.15, -0.1) is 0 Å². The molecule has 0 heterocycles. The number of carbonyl (C=O) groups is 2. The lowest BCUT2D eigenvalue weighted by Crippen LogP contribution is -2.29. The molecule has 4 nitrogen and oxygen atoms in total. The lowest BCUT2D eigenvalue weighted by atomic mass is 10.0. The summed E-state index contributed by atoms with van der Waals surface area (Å²) in [5.74, 6) is 0.236. The van der Waals surface area contributed by atoms with Gasteiger partial charge in [0.25, 0.3) is 6.47 Å². The number of likely N-dealkylation sites (N-methyl/N-ethyl adjacent to an activating group) is 1. The van der Waals surface area contributed by atoms with Gasteiger partial charge in [0, 0.05) is 12.5 Å². The van der Waals surface area contributed by atoms with E-state index >= 15 is 0 Å². The number of methoxy groups -OCH3 is 1. The van der Waals surface area contributed by atoms with Crippen LogP contribution in [-0.4, -0.2) is 32.5 Å². The van der Waals surface area contributed by atoms with Gasteiger partial charge in [0.1, 0.15) is 5.78 Å². The summed E-state index contributed by atoms with van der Waals surface area (Å²) in [4.78, 5) is 19.9. The third kappa shape index (κ3) is 12.8. The van der Waals surface area contributed by atoms with Crippen molar-refractivity contribution >= 4 is 12.3 Å². The Morgan fingerprint density at radius 2 is 1.80 bits per heavy atom. The molecule has 0 fully saturated rings. The first-order chi connectivity index (χ1) is 9.63. The molecule has 0 saturated carbocycles. The van der Waals surface area contributed by atoms with E-state index in [4.69, 9.17) is 4.79 Å². The van der Waals surface area contributed by atoms with Crippen molar-refractivity contribution < 1.29 is 14.3 Å². The summed E-state index contributed by atoms with van der Waals surface area (Å²) >= 11 is 0. The SMILES string of the molecule is CC.CNC(CC(C)=O)Cc1ccccc1.COC=O. The molecule has 1 unspecified atom stereocenters. The smallest absolute Gasteiger partial charge is 0.292 e. The quantitative estimate of drug-likeness (QED) is 0.814. The normalized spacial score (nSPS) is 10.1. The largest absolute Gasteiger partial charge is 0.471 e. The van der Waals surface area contributed by atoms with E-state index in [1.165, 1.54) is 12.7 Å². The molecule has 1 atom stereocenters. The van der Waals surface area contributed by atoms with Crippen LogP contribution in [0.4, 0.5) is 0 Å². The monoisotopic (exact) mass is 281 g/mol. The van der Waals surface area contributed by atoms with Crippen LogP contribution < -0.4 is 5.32 Å². The van der Waals surface area contributed by atoms with Gasteiger partial charge in [0.05, 0.1) is 7.11 Å². The minimum Gasteiger partial charge on any atom is -0.471 e. The van der Waals surface area contributed by atoms with Gasteiger partial charge in [0.15, 0.2) is 0 Å². The number of hydrogen-bond donors (Lipinski definition) is 1. The van der Waals surface area contributed by atoms with Crippen LogP contribution in [0.5, 0.6) is 0 Å². The lowest BCUT2D eigenvalue weighted by Gasteiger charge is -2.14. The van der Waals surface area contributed by atoms with Crippen molar-refractivity contribution in [1.29, 1.82) is 0 Å². The first-order valence-electron chi connectivity index (χ1n) is 6.81. The second kappa shape index (κ2) is 15.4. The zero-order valence-corrected chi connectivity index (χ0v) is 13.2. The first kappa shape index (κ1) is 20.6. The summed E-state index contributed by atoms with van der Waals surface area (Å²) < 4.78 is 3.86. The molecule has 0 spiro atoms. The van der Waals surface area contributed by atoms with Crippen LogP contribution in [-0.2, 0) is 20.7 Å². The Balaban J connectivity index is 0. The van der Waals surface area contributed by atoms with Crippen LogP contribution in [0.25, 0.3) is 0 Å². The van der Waals surface area contributed by atoms with Gasteiger partial charge in [-0.25, -0.2) is 0 Å². The van der Waals surface area contributed by atoms with Crippen molar-refractivity contribution in [2.45, 2.75) is 39.7 Å². The Kier molecular flexibility index (Phi) is 15.9. The maximum Gasteiger partial charge on any atom is 0.292 e. The minimum absolute atomic E-state index is 0.236. The Bertz CT molecular complexity index is 339. The minimum atomic E-state index is 0.236. The standard InChI is InChI=1S/C12H17NO.C2H4O2.C2H6/c1-10(14)8-12(13-2)9-11-6-4-3-5-7-11;1-4-2-3;1-2/h3-7,12-13H,8-9H2,1-2H3;2H,1H3;1-2H3. The van der Waals surface area contributed by atoms with Gasteiger partial charge in [-0.1, -0.05) is 44.2 Å². The molecule has 1 rings (SSSR count). The van der Waals surface area contributed by atoms with Crippen molar-refractivity contribution in [3.8, 4) is 0 Å². The number of hydrogen-bond acceptors (Lipinski definition) is 4. The van der Waals surface area contributed by atoms with Crippen LogP contribution in [0.3, 0.4) is 0 Å². The Morgan fingerprint density at radius 1 is 1.30 bits per heavy atom. The number of ether oxygens (including phenoxy) is 1. The maximum absolute atomic E-state index is 11.0. The van der Waals surface area contributed by atoms with Gasteiger partial charge in [0.2, 0.25) is 0 Å². The van der Waals surface area contributed by atoms with E-state index in [2.05, 4.69) is 22.2 Å². The van der Waals surface area contributed by atoms with E-state index < -0.39 is 0 Å². The molecule has 0 bridgehead atoms. The van der Waals surface area contributed by atoms with E-state index in [1.807, 2.05) is 39.1 Å². The fourth-order valence-electron chi connectivity index (χ4n) is 1.52. The van der Waals surface area contributed by atoms with Crippen LogP contribution >= 0.6 is 0 Å². The van der Waals surface area contributed by atoms with E-state index in [1.54, 1.807) is 6.92 Å². The fourth-order valence-corrected chi connectivity index (χ4v) is 1.52. The molecule has 0 aliphatic carbocycles. The molecule has 0 aliphatic heterocycles. The van der Waals surface area contributed by atoms with Crippen molar-refractivity contribution in [3.63, 3.8) is 0 Å². The zero-order valence-electron chi connectivity index (χ0n) is 13.2. The lowest BCUT2D eigenvalue weighted by molar-refractivity contribution is -0.126. The highest BCUT2D eigenvalue weighted by molar-refractivity contribution is 5.76. The number of ketones is 1. The summed E-state index contributed by atoms with van der Waals surface area (Å²) in [6, 6.07) is 10.5. The molecule has 114 valence electrons. The van der Waals surface area contributed by atoms with E-state index in [9.17, 15) is 4.79 Å². The summed E-state index contributed by atoms with van der Waals surface area (Å²) in [5.41, 5.74) is 1.27. The first-order valence-corrected chi connectivity index (χ1v) is 6.81. The molecule has 0 aromatic heterocycles. The molecule has 1 N–H and O–H groups in total. The number of benzene rings is 1. The summed E-state index contributed by atoms with van der Waals surface area (Å²) in [5, 5.41) is 3.16. The Hall–Kier alpha value is -1.68. The molecule has 0 radical (unpaired) electrons. The molecular weight excluding hydrogens is 254 g/mol. The third-order valence-electron chi connectivity index (χ3n) is 2.36. The number of rotatable bonds is 6. The van der Waals surface area contributed by atoms with Crippen molar-refractivity contribution in [2.75, 3.05) is 14.2 Å². The zero-order chi connectivity index (χ0) is 15.8. The van der Waals surface area contributed by atoms with Crippen LogP contribution in [0.2, 0.25) is 0 Å². The third-order valence-corrected chi connectivity index (χ3v) is 2.36. The predicted octanol–water partition coefficient (Wildman–Crippen LogP) is 2.61. The van der Waals surface area contributed by atoms with Gasteiger partial charge < -0.3 is 10.1 Å². The van der Waals surface area contributed by atoms with Crippen LogP contribution in [0.15, 0.2) is 30.3 Å². The molecule has 0 amide bonds. The van der Waals surface area contributed by atoms with E-state index in [-0.39, 0.29) is 11.8 Å². The van der Waals surface area contributed by atoms with Crippen LogP contribution in [0, 0.1) is 0 Å². The predicted molar refractivity (Wildman–Crippen MR) is 82.7 cm³/mol. The van der Waals surface area contributed by atoms with Crippen molar-refractivity contribution in [3.05, 3.63) is 35.9 Å². The van der Waals surface area contributed by atoms with Gasteiger partial charge in [-0.2, -0.15) is 0 Å². The van der Waals surface area contributed by atoms with Gasteiger partial charge in [-0.3, -0.25) is 9.59 Å².